The van der Waals surface area contributed by atoms with Crippen molar-refractivity contribution >= 4 is 0 Å². The van der Waals surface area contributed by atoms with Gasteiger partial charge < -0.3 is 4.90 Å². The number of hydrogen-bond donors (Lipinski definition) is 0. The third kappa shape index (κ3) is 3.32. The second kappa shape index (κ2) is 5.23. The molecule has 0 N–H and O–H groups in total. The van der Waals surface area contributed by atoms with E-state index in [9.17, 15) is 0 Å². The van der Waals surface area contributed by atoms with Crippen LogP contribution in [-0.2, 0) is 0 Å². The van der Waals surface area contributed by atoms with E-state index in [0.717, 1.165) is 23.7 Å². The van der Waals surface area contributed by atoms with Gasteiger partial charge in [-0.05, 0) is 62.7 Å². The van der Waals surface area contributed by atoms with Crippen molar-refractivity contribution in [3.63, 3.8) is 0 Å². The Kier molecular flexibility index (Phi) is 3.94. The van der Waals surface area contributed by atoms with Gasteiger partial charge in [0.15, 0.2) is 0 Å². The molecule has 2 atom stereocenters. The van der Waals surface area contributed by atoms with E-state index in [2.05, 4.69) is 51.3 Å². The van der Waals surface area contributed by atoms with E-state index in [1.54, 1.807) is 0 Å². The first-order valence-corrected chi connectivity index (χ1v) is 9.10. The summed E-state index contributed by atoms with van der Waals surface area (Å²) in [6, 6.07) is 0. The fourth-order valence-corrected chi connectivity index (χ4v) is 4.74. The molecular weight excluding hydrogens is 256 g/mol. The highest BCUT2D eigenvalue weighted by atomic mass is 15.3. The van der Waals surface area contributed by atoms with Gasteiger partial charge in [-0.15, -0.1) is 0 Å². The molecule has 2 heteroatoms. The van der Waals surface area contributed by atoms with Crippen molar-refractivity contribution in [3.05, 3.63) is 0 Å². The SMILES string of the molecule is CC(C)(C)C1CC(CN2CC3CN(C(C)(C)C)CC3C2)C1. The van der Waals surface area contributed by atoms with E-state index in [4.69, 9.17) is 0 Å². The molecule has 21 heavy (non-hydrogen) atoms. The Hall–Kier alpha value is -0.0800. The molecule has 3 aliphatic rings. The van der Waals surface area contributed by atoms with Crippen molar-refractivity contribution in [3.8, 4) is 0 Å². The molecule has 0 aromatic heterocycles. The van der Waals surface area contributed by atoms with Gasteiger partial charge in [0.05, 0.1) is 0 Å². The zero-order valence-electron chi connectivity index (χ0n) is 15.2. The average Bonchev–Trinajstić information content (AvgIpc) is 2.76. The molecule has 2 heterocycles. The molecule has 122 valence electrons. The Bertz CT molecular complexity index is 353. The first-order valence-electron chi connectivity index (χ1n) is 9.10. The Morgan fingerprint density at radius 2 is 1.33 bits per heavy atom. The second-order valence-corrected chi connectivity index (χ2v) is 10.2. The highest BCUT2D eigenvalue weighted by Crippen LogP contribution is 2.46. The first kappa shape index (κ1) is 15.8. The van der Waals surface area contributed by atoms with Gasteiger partial charge in [0.25, 0.3) is 0 Å². The molecular formula is C19H36N2. The Labute approximate surface area is 132 Å². The summed E-state index contributed by atoms with van der Waals surface area (Å²) >= 11 is 0. The summed E-state index contributed by atoms with van der Waals surface area (Å²) in [7, 11) is 0. The van der Waals surface area contributed by atoms with Crippen LogP contribution in [0.2, 0.25) is 0 Å². The predicted molar refractivity (Wildman–Crippen MR) is 90.4 cm³/mol. The molecule has 0 spiro atoms. The smallest absolute Gasteiger partial charge is 0.0125 e. The molecule has 1 aliphatic carbocycles. The minimum atomic E-state index is 0.364. The van der Waals surface area contributed by atoms with Crippen molar-refractivity contribution in [2.75, 3.05) is 32.7 Å². The minimum Gasteiger partial charge on any atom is -0.302 e. The molecule has 3 fully saturated rings. The summed E-state index contributed by atoms with van der Waals surface area (Å²) in [6.45, 7) is 21.1. The highest BCUT2D eigenvalue weighted by molar-refractivity contribution is 4.98. The lowest BCUT2D eigenvalue weighted by Crippen LogP contribution is -2.43. The van der Waals surface area contributed by atoms with Crippen LogP contribution >= 0.6 is 0 Å². The average molecular weight is 293 g/mol. The third-order valence-corrected chi connectivity index (χ3v) is 6.49. The lowest BCUT2D eigenvalue weighted by molar-refractivity contribution is 0.0513. The van der Waals surface area contributed by atoms with Crippen LogP contribution in [0.3, 0.4) is 0 Å². The standard InChI is InChI=1S/C19H36N2/c1-18(2,3)17-7-14(8-17)9-20-10-15-12-21(19(4,5)6)13-16(15)11-20/h14-17H,7-13H2,1-6H3. The predicted octanol–water partition coefficient (Wildman–Crippen LogP) is 3.72. The van der Waals surface area contributed by atoms with Crippen molar-refractivity contribution in [1.29, 1.82) is 0 Å². The van der Waals surface area contributed by atoms with E-state index in [1.807, 2.05) is 0 Å². The van der Waals surface area contributed by atoms with E-state index in [-0.39, 0.29) is 0 Å². The van der Waals surface area contributed by atoms with Gasteiger partial charge in [-0.3, -0.25) is 4.90 Å². The molecule has 2 aliphatic heterocycles. The number of nitrogens with zero attached hydrogens (tertiary/aromatic N) is 2. The van der Waals surface area contributed by atoms with Gasteiger partial charge >= 0.3 is 0 Å². The molecule has 2 nitrogen and oxygen atoms in total. The Morgan fingerprint density at radius 3 is 1.76 bits per heavy atom. The first-order chi connectivity index (χ1) is 9.63. The van der Waals surface area contributed by atoms with Crippen molar-refractivity contribution in [2.24, 2.45) is 29.1 Å². The molecule has 0 amide bonds. The number of likely N-dealkylation sites (tertiary alicyclic amines) is 2. The number of rotatable bonds is 2. The molecule has 0 aromatic carbocycles. The molecule has 0 bridgehead atoms. The van der Waals surface area contributed by atoms with Crippen molar-refractivity contribution in [1.82, 2.24) is 9.80 Å². The quantitative estimate of drug-likeness (QED) is 0.765. The maximum Gasteiger partial charge on any atom is 0.0125 e. The van der Waals surface area contributed by atoms with Gasteiger partial charge in [-0.1, -0.05) is 20.8 Å². The van der Waals surface area contributed by atoms with Crippen LogP contribution in [0.4, 0.5) is 0 Å². The van der Waals surface area contributed by atoms with Crippen LogP contribution in [0.25, 0.3) is 0 Å². The highest BCUT2D eigenvalue weighted by Gasteiger charge is 2.44. The van der Waals surface area contributed by atoms with Crippen LogP contribution in [0.1, 0.15) is 54.4 Å². The molecule has 3 rings (SSSR count). The molecule has 1 saturated carbocycles. The van der Waals surface area contributed by atoms with Crippen molar-refractivity contribution in [2.45, 2.75) is 59.9 Å². The summed E-state index contributed by atoms with van der Waals surface area (Å²) in [5.74, 6) is 3.86. The van der Waals surface area contributed by atoms with Crippen LogP contribution < -0.4 is 0 Å². The second-order valence-electron chi connectivity index (χ2n) is 10.2. The van der Waals surface area contributed by atoms with Crippen LogP contribution in [-0.4, -0.2) is 48.1 Å². The van der Waals surface area contributed by atoms with E-state index in [0.29, 0.717) is 11.0 Å². The van der Waals surface area contributed by atoms with Crippen molar-refractivity contribution < 1.29 is 0 Å². The fourth-order valence-electron chi connectivity index (χ4n) is 4.74. The maximum atomic E-state index is 2.79. The number of hydrogen-bond acceptors (Lipinski definition) is 2. The van der Waals surface area contributed by atoms with E-state index < -0.39 is 0 Å². The maximum absolute atomic E-state index is 2.79. The van der Waals surface area contributed by atoms with Gasteiger partial charge in [0, 0.05) is 38.3 Å². The molecule has 2 unspecified atom stereocenters. The van der Waals surface area contributed by atoms with Gasteiger partial charge in [0.1, 0.15) is 0 Å². The molecule has 0 aromatic rings. The van der Waals surface area contributed by atoms with Gasteiger partial charge in [0.2, 0.25) is 0 Å². The minimum absolute atomic E-state index is 0.364. The molecule has 2 saturated heterocycles. The fraction of sp³-hybridized carbons (Fsp3) is 1.00. The topological polar surface area (TPSA) is 6.48 Å². The zero-order chi connectivity index (χ0) is 15.4. The lowest BCUT2D eigenvalue weighted by atomic mass is 9.63. The zero-order valence-corrected chi connectivity index (χ0v) is 15.2. The van der Waals surface area contributed by atoms with E-state index in [1.165, 1.54) is 45.6 Å². The van der Waals surface area contributed by atoms with E-state index >= 15 is 0 Å². The monoisotopic (exact) mass is 292 g/mol. The number of fused-ring (bicyclic) bond motifs is 1. The Morgan fingerprint density at radius 1 is 0.810 bits per heavy atom. The van der Waals surface area contributed by atoms with Crippen LogP contribution in [0, 0.1) is 29.1 Å². The summed E-state index contributed by atoms with van der Waals surface area (Å²) in [5.41, 5.74) is 0.897. The third-order valence-electron chi connectivity index (χ3n) is 6.49. The lowest BCUT2D eigenvalue weighted by Gasteiger charge is -2.45. The summed E-state index contributed by atoms with van der Waals surface area (Å²) in [6.07, 6.45) is 2.95. The summed E-state index contributed by atoms with van der Waals surface area (Å²) in [4.78, 5) is 5.50. The van der Waals surface area contributed by atoms with Gasteiger partial charge in [-0.2, -0.15) is 0 Å². The van der Waals surface area contributed by atoms with Crippen LogP contribution in [0.5, 0.6) is 0 Å². The van der Waals surface area contributed by atoms with Gasteiger partial charge in [-0.25, -0.2) is 0 Å². The Balaban J connectivity index is 1.43. The normalized spacial score (nSPS) is 38.6. The molecule has 0 radical (unpaired) electrons. The van der Waals surface area contributed by atoms with Crippen LogP contribution in [0.15, 0.2) is 0 Å². The summed E-state index contributed by atoms with van der Waals surface area (Å²) < 4.78 is 0. The largest absolute Gasteiger partial charge is 0.302 e. The summed E-state index contributed by atoms with van der Waals surface area (Å²) in [5, 5.41) is 0.